The Labute approximate surface area is 98.6 Å². The number of rotatable bonds is 2. The molecule has 0 fully saturated rings. The van der Waals surface area contributed by atoms with Crippen molar-refractivity contribution in [3.8, 4) is 0 Å². The van der Waals surface area contributed by atoms with Crippen LogP contribution in [0.1, 0.15) is 10.4 Å². The van der Waals surface area contributed by atoms with Gasteiger partial charge in [0.1, 0.15) is 0 Å². The number of ether oxygens (including phenoxy) is 1. The summed E-state index contributed by atoms with van der Waals surface area (Å²) in [5, 5.41) is 2.19. The fourth-order valence-electron chi connectivity index (χ4n) is 1.66. The lowest BCUT2D eigenvalue weighted by atomic mass is 10.1. The molecular formula is C13H12O2S. The lowest BCUT2D eigenvalue weighted by molar-refractivity contribution is 0.0597. The summed E-state index contributed by atoms with van der Waals surface area (Å²) in [7, 11) is 1.40. The Morgan fingerprint density at radius 3 is 2.38 bits per heavy atom. The van der Waals surface area contributed by atoms with Crippen molar-refractivity contribution in [1.29, 1.82) is 0 Å². The summed E-state index contributed by atoms with van der Waals surface area (Å²) in [5.74, 6) is -0.282. The number of methoxy groups -OCH3 is 1. The Bertz CT molecular complexity index is 534. The first-order chi connectivity index (χ1) is 7.76. The predicted octanol–water partition coefficient (Wildman–Crippen LogP) is 3.35. The van der Waals surface area contributed by atoms with Crippen LogP contribution in [0.3, 0.4) is 0 Å². The van der Waals surface area contributed by atoms with Crippen LogP contribution in [0.5, 0.6) is 0 Å². The van der Waals surface area contributed by atoms with Crippen LogP contribution in [0.15, 0.2) is 41.3 Å². The van der Waals surface area contributed by atoms with Gasteiger partial charge in [-0.2, -0.15) is 0 Å². The summed E-state index contributed by atoms with van der Waals surface area (Å²) < 4.78 is 4.78. The zero-order valence-electron chi connectivity index (χ0n) is 9.19. The van der Waals surface area contributed by atoms with E-state index in [2.05, 4.69) is 0 Å². The summed E-state index contributed by atoms with van der Waals surface area (Å²) in [6.45, 7) is 0. The van der Waals surface area contributed by atoms with E-state index < -0.39 is 0 Å². The van der Waals surface area contributed by atoms with Crippen LogP contribution in [0.4, 0.5) is 0 Å². The molecule has 0 atom stereocenters. The molecule has 82 valence electrons. The number of fused-ring (bicyclic) bond motifs is 1. The normalized spacial score (nSPS) is 10.4. The molecule has 0 aromatic heterocycles. The number of carbonyl (C=O) groups excluding carboxylic acids is 1. The third-order valence-corrected chi connectivity index (χ3v) is 3.25. The van der Waals surface area contributed by atoms with Crippen LogP contribution in [0.2, 0.25) is 0 Å². The highest BCUT2D eigenvalue weighted by Gasteiger charge is 2.12. The molecule has 0 spiro atoms. The van der Waals surface area contributed by atoms with Crippen molar-refractivity contribution in [2.75, 3.05) is 13.4 Å². The van der Waals surface area contributed by atoms with E-state index in [1.807, 2.05) is 42.7 Å². The highest BCUT2D eigenvalue weighted by atomic mass is 32.2. The molecule has 0 saturated carbocycles. The summed E-state index contributed by atoms with van der Waals surface area (Å²) in [6.07, 6.45) is 1.95. The zero-order chi connectivity index (χ0) is 11.5. The van der Waals surface area contributed by atoms with Crippen molar-refractivity contribution in [1.82, 2.24) is 0 Å². The van der Waals surface area contributed by atoms with Gasteiger partial charge in [-0.1, -0.05) is 24.3 Å². The van der Waals surface area contributed by atoms with Crippen molar-refractivity contribution in [3.63, 3.8) is 0 Å². The fraction of sp³-hybridized carbons (Fsp3) is 0.154. The van der Waals surface area contributed by atoms with Gasteiger partial charge in [0.2, 0.25) is 0 Å². The smallest absolute Gasteiger partial charge is 0.339 e. The number of carbonyl (C=O) groups is 1. The Hall–Kier alpha value is -1.48. The second-order valence-electron chi connectivity index (χ2n) is 3.39. The Morgan fingerprint density at radius 1 is 1.19 bits per heavy atom. The number of esters is 1. The van der Waals surface area contributed by atoms with Gasteiger partial charge in [0.25, 0.3) is 0 Å². The molecule has 16 heavy (non-hydrogen) atoms. The van der Waals surface area contributed by atoms with Gasteiger partial charge in [0.05, 0.1) is 12.7 Å². The molecule has 0 radical (unpaired) electrons. The SMILES string of the molecule is COC(=O)c1cc2ccccc2cc1SC. The molecule has 0 heterocycles. The molecule has 2 nitrogen and oxygen atoms in total. The van der Waals surface area contributed by atoms with Crippen LogP contribution >= 0.6 is 11.8 Å². The van der Waals surface area contributed by atoms with E-state index in [0.29, 0.717) is 5.56 Å². The molecule has 0 amide bonds. The first-order valence-corrected chi connectivity index (χ1v) is 6.14. The monoisotopic (exact) mass is 232 g/mol. The maximum Gasteiger partial charge on any atom is 0.339 e. The molecule has 0 aliphatic carbocycles. The maximum atomic E-state index is 11.6. The van der Waals surface area contributed by atoms with Crippen LogP contribution in [0.25, 0.3) is 10.8 Å². The Balaban J connectivity index is 2.67. The van der Waals surface area contributed by atoms with Crippen LogP contribution in [0, 0.1) is 0 Å². The van der Waals surface area contributed by atoms with Gasteiger partial charge in [-0.25, -0.2) is 4.79 Å². The van der Waals surface area contributed by atoms with Gasteiger partial charge < -0.3 is 4.74 Å². The molecular weight excluding hydrogens is 220 g/mol. The third-order valence-electron chi connectivity index (χ3n) is 2.47. The highest BCUT2D eigenvalue weighted by molar-refractivity contribution is 7.98. The van der Waals surface area contributed by atoms with Gasteiger partial charge in [-0.05, 0) is 29.2 Å². The summed E-state index contributed by atoms with van der Waals surface area (Å²) >= 11 is 1.55. The standard InChI is InChI=1S/C13H12O2S/c1-15-13(14)11-7-9-5-3-4-6-10(9)8-12(11)16-2/h3-8H,1-2H3. The topological polar surface area (TPSA) is 26.3 Å². The van der Waals surface area contributed by atoms with Crippen molar-refractivity contribution >= 4 is 28.5 Å². The lowest BCUT2D eigenvalue weighted by Gasteiger charge is -2.07. The first kappa shape index (κ1) is 11.0. The molecule has 0 unspecified atom stereocenters. The van der Waals surface area contributed by atoms with E-state index in [9.17, 15) is 4.79 Å². The maximum absolute atomic E-state index is 11.6. The Kier molecular flexibility index (Phi) is 3.15. The highest BCUT2D eigenvalue weighted by Crippen LogP contribution is 2.27. The molecule has 2 aromatic carbocycles. The minimum atomic E-state index is -0.282. The second-order valence-corrected chi connectivity index (χ2v) is 4.24. The average Bonchev–Trinajstić information content (AvgIpc) is 2.36. The second kappa shape index (κ2) is 4.58. The molecule has 0 aliphatic rings. The molecule has 0 aliphatic heterocycles. The largest absolute Gasteiger partial charge is 0.465 e. The number of benzene rings is 2. The Morgan fingerprint density at radius 2 is 1.81 bits per heavy atom. The third kappa shape index (κ3) is 1.91. The van der Waals surface area contributed by atoms with E-state index in [4.69, 9.17) is 4.74 Å². The first-order valence-electron chi connectivity index (χ1n) is 4.91. The zero-order valence-corrected chi connectivity index (χ0v) is 10.0. The van der Waals surface area contributed by atoms with Crippen LogP contribution < -0.4 is 0 Å². The van der Waals surface area contributed by atoms with Gasteiger partial charge in [0.15, 0.2) is 0 Å². The number of thioether (sulfide) groups is 1. The van der Waals surface area contributed by atoms with Gasteiger partial charge >= 0.3 is 5.97 Å². The number of hydrogen-bond donors (Lipinski definition) is 0. The van der Waals surface area contributed by atoms with Crippen LogP contribution in [-0.4, -0.2) is 19.3 Å². The lowest BCUT2D eigenvalue weighted by Crippen LogP contribution is -2.02. The van der Waals surface area contributed by atoms with Crippen molar-refractivity contribution in [3.05, 3.63) is 42.0 Å². The van der Waals surface area contributed by atoms with E-state index in [-0.39, 0.29) is 5.97 Å². The molecule has 0 bridgehead atoms. The van der Waals surface area contributed by atoms with Crippen molar-refractivity contribution in [2.24, 2.45) is 0 Å². The summed E-state index contributed by atoms with van der Waals surface area (Å²) in [4.78, 5) is 12.6. The predicted molar refractivity (Wildman–Crippen MR) is 67.1 cm³/mol. The van der Waals surface area contributed by atoms with Crippen molar-refractivity contribution in [2.45, 2.75) is 4.90 Å². The van der Waals surface area contributed by atoms with Gasteiger partial charge in [0, 0.05) is 4.90 Å². The summed E-state index contributed by atoms with van der Waals surface area (Å²) in [5.41, 5.74) is 0.633. The summed E-state index contributed by atoms with van der Waals surface area (Å²) in [6, 6.07) is 11.9. The molecule has 3 heteroatoms. The van der Waals surface area contributed by atoms with E-state index >= 15 is 0 Å². The van der Waals surface area contributed by atoms with Crippen LogP contribution in [-0.2, 0) is 4.74 Å². The van der Waals surface area contributed by atoms with Gasteiger partial charge in [-0.15, -0.1) is 11.8 Å². The molecule has 0 N–H and O–H groups in total. The minimum absolute atomic E-state index is 0.282. The fourth-order valence-corrected chi connectivity index (χ4v) is 2.26. The van der Waals surface area contributed by atoms with E-state index in [1.54, 1.807) is 11.8 Å². The average molecular weight is 232 g/mol. The molecule has 2 aromatic rings. The van der Waals surface area contributed by atoms with E-state index in [0.717, 1.165) is 15.7 Å². The quantitative estimate of drug-likeness (QED) is 0.586. The van der Waals surface area contributed by atoms with E-state index in [1.165, 1.54) is 7.11 Å². The molecule has 0 saturated heterocycles. The number of hydrogen-bond acceptors (Lipinski definition) is 3. The molecule has 2 rings (SSSR count). The van der Waals surface area contributed by atoms with Gasteiger partial charge in [-0.3, -0.25) is 0 Å². The van der Waals surface area contributed by atoms with Crippen molar-refractivity contribution < 1.29 is 9.53 Å². The minimum Gasteiger partial charge on any atom is -0.465 e.